The van der Waals surface area contributed by atoms with Gasteiger partial charge in [0.2, 0.25) is 5.82 Å². The summed E-state index contributed by atoms with van der Waals surface area (Å²) in [5.41, 5.74) is 0.0332. The third kappa shape index (κ3) is 3.37. The first-order chi connectivity index (χ1) is 11.2. The first-order valence-electron chi connectivity index (χ1n) is 7.10. The molecule has 1 aliphatic carbocycles. The number of benzene rings is 1. The monoisotopic (exact) mass is 350 g/mol. The second-order valence-electron chi connectivity index (χ2n) is 5.37. The number of allylic oxidation sites excluding steroid dienone is 1. The van der Waals surface area contributed by atoms with Gasteiger partial charge in [-0.05, 0) is 37.0 Å². The Morgan fingerprint density at radius 2 is 1.88 bits per heavy atom. The van der Waals surface area contributed by atoms with Crippen molar-refractivity contribution in [3.63, 3.8) is 0 Å². The number of methoxy groups -OCH3 is 2. The van der Waals surface area contributed by atoms with E-state index in [1.807, 2.05) is 0 Å². The number of esters is 1. The molecule has 0 N–H and O–H groups in total. The van der Waals surface area contributed by atoms with Gasteiger partial charge >= 0.3 is 12.1 Å². The Bertz CT molecular complexity index is 679. The van der Waals surface area contributed by atoms with Crippen LogP contribution in [0.4, 0.5) is 22.0 Å². The number of alkyl halides is 3. The molecule has 1 unspecified atom stereocenters. The third-order valence-corrected chi connectivity index (χ3v) is 4.03. The number of rotatable bonds is 3. The minimum atomic E-state index is -4.46. The fraction of sp³-hybridized carbons (Fsp3) is 0.438. The van der Waals surface area contributed by atoms with Gasteiger partial charge in [0, 0.05) is 11.1 Å². The molecule has 0 saturated heterocycles. The van der Waals surface area contributed by atoms with Crippen LogP contribution in [-0.4, -0.2) is 26.4 Å². The molecular weight excluding hydrogens is 335 g/mol. The number of carbonyl (C=O) groups is 1. The highest BCUT2D eigenvalue weighted by Crippen LogP contribution is 2.45. The van der Waals surface area contributed by atoms with Crippen LogP contribution in [0.1, 0.15) is 24.8 Å². The van der Waals surface area contributed by atoms with Crippen molar-refractivity contribution in [2.45, 2.75) is 25.4 Å². The maximum atomic E-state index is 13.9. The highest BCUT2D eigenvalue weighted by Gasteiger charge is 2.43. The van der Waals surface area contributed by atoms with Crippen LogP contribution in [0.5, 0.6) is 5.75 Å². The molecule has 0 radical (unpaired) electrons. The number of hydrogen-bond acceptors (Lipinski definition) is 3. The molecule has 0 aromatic heterocycles. The van der Waals surface area contributed by atoms with Crippen LogP contribution in [0.25, 0.3) is 5.57 Å². The van der Waals surface area contributed by atoms with Crippen molar-refractivity contribution in [2.24, 2.45) is 5.92 Å². The van der Waals surface area contributed by atoms with E-state index in [4.69, 9.17) is 4.74 Å². The summed E-state index contributed by atoms with van der Waals surface area (Å²) in [5.74, 6) is -5.47. The molecule has 0 fully saturated rings. The van der Waals surface area contributed by atoms with E-state index in [1.54, 1.807) is 0 Å². The van der Waals surface area contributed by atoms with E-state index in [9.17, 15) is 26.7 Å². The van der Waals surface area contributed by atoms with Gasteiger partial charge in [0.15, 0.2) is 11.6 Å². The van der Waals surface area contributed by atoms with E-state index < -0.39 is 41.9 Å². The van der Waals surface area contributed by atoms with Crippen LogP contribution in [0.15, 0.2) is 17.7 Å². The van der Waals surface area contributed by atoms with Crippen molar-refractivity contribution in [1.29, 1.82) is 0 Å². The van der Waals surface area contributed by atoms with Gasteiger partial charge in [0.1, 0.15) is 0 Å². The van der Waals surface area contributed by atoms with Crippen LogP contribution >= 0.6 is 0 Å². The maximum absolute atomic E-state index is 13.9. The Morgan fingerprint density at radius 1 is 1.21 bits per heavy atom. The predicted molar refractivity (Wildman–Crippen MR) is 75.2 cm³/mol. The van der Waals surface area contributed by atoms with Crippen LogP contribution in [0.2, 0.25) is 0 Å². The molecule has 0 amide bonds. The lowest BCUT2D eigenvalue weighted by Crippen LogP contribution is -2.28. The SMILES string of the molecule is COC(=O)C1=C(c2ccc(F)c(F)c2OC)CCC(C(F)(F)F)C1. The number of hydrogen-bond donors (Lipinski definition) is 0. The molecule has 0 aliphatic heterocycles. The van der Waals surface area contributed by atoms with Crippen molar-refractivity contribution >= 4 is 11.5 Å². The van der Waals surface area contributed by atoms with Crippen molar-refractivity contribution in [1.82, 2.24) is 0 Å². The van der Waals surface area contributed by atoms with Gasteiger partial charge in [-0.25, -0.2) is 9.18 Å². The number of carbonyl (C=O) groups excluding carboxylic acids is 1. The third-order valence-electron chi connectivity index (χ3n) is 4.03. The zero-order chi connectivity index (χ0) is 18.1. The van der Waals surface area contributed by atoms with Gasteiger partial charge in [-0.3, -0.25) is 0 Å². The largest absolute Gasteiger partial charge is 0.493 e. The average molecular weight is 350 g/mol. The summed E-state index contributed by atoms with van der Waals surface area (Å²) < 4.78 is 75.5. The summed E-state index contributed by atoms with van der Waals surface area (Å²) in [6.07, 6.45) is -5.42. The van der Waals surface area contributed by atoms with Crippen molar-refractivity contribution < 1.29 is 36.2 Å². The molecule has 0 heterocycles. The minimum absolute atomic E-state index is 0.0532. The lowest BCUT2D eigenvalue weighted by molar-refractivity contribution is -0.177. The maximum Gasteiger partial charge on any atom is 0.392 e. The molecule has 24 heavy (non-hydrogen) atoms. The van der Waals surface area contributed by atoms with Crippen molar-refractivity contribution in [2.75, 3.05) is 14.2 Å². The molecule has 132 valence electrons. The lowest BCUT2D eigenvalue weighted by Gasteiger charge is -2.28. The van der Waals surface area contributed by atoms with Gasteiger partial charge in [-0.15, -0.1) is 0 Å². The molecule has 1 aromatic carbocycles. The molecule has 0 saturated carbocycles. The summed E-state index contributed by atoms with van der Waals surface area (Å²) in [7, 11) is 2.16. The molecular formula is C16H15F5O3. The molecule has 8 heteroatoms. The molecule has 3 nitrogen and oxygen atoms in total. The summed E-state index contributed by atoms with van der Waals surface area (Å²) in [4.78, 5) is 11.9. The van der Waals surface area contributed by atoms with E-state index >= 15 is 0 Å². The Kier molecular flexibility index (Phi) is 5.15. The van der Waals surface area contributed by atoms with Crippen LogP contribution in [-0.2, 0) is 9.53 Å². The highest BCUT2D eigenvalue weighted by atomic mass is 19.4. The Morgan fingerprint density at radius 3 is 2.42 bits per heavy atom. The van der Waals surface area contributed by atoms with Crippen LogP contribution in [0.3, 0.4) is 0 Å². The summed E-state index contributed by atoms with van der Waals surface area (Å²) in [6.45, 7) is 0. The lowest BCUT2D eigenvalue weighted by atomic mass is 9.80. The number of ether oxygens (including phenoxy) is 2. The second kappa shape index (κ2) is 6.78. The standard InChI is InChI=1S/C16H15F5O3/c1-23-14-10(5-6-12(17)13(14)18)9-4-3-8(16(19,20)21)7-11(9)15(22)24-2/h5-6,8H,3-4,7H2,1-2H3. The smallest absolute Gasteiger partial charge is 0.392 e. The molecule has 1 atom stereocenters. The Balaban J connectivity index is 2.59. The molecule has 1 aromatic rings. The van der Waals surface area contributed by atoms with E-state index in [0.717, 1.165) is 20.3 Å². The van der Waals surface area contributed by atoms with E-state index in [1.165, 1.54) is 6.07 Å². The highest BCUT2D eigenvalue weighted by molar-refractivity contribution is 5.98. The predicted octanol–water partition coefficient (Wildman–Crippen LogP) is 4.26. The zero-order valence-corrected chi connectivity index (χ0v) is 13.0. The van der Waals surface area contributed by atoms with E-state index in [-0.39, 0.29) is 29.6 Å². The van der Waals surface area contributed by atoms with Gasteiger partial charge < -0.3 is 9.47 Å². The summed E-state index contributed by atoms with van der Waals surface area (Å²) >= 11 is 0. The normalized spacial score (nSPS) is 18.5. The van der Waals surface area contributed by atoms with Crippen molar-refractivity contribution in [3.8, 4) is 5.75 Å². The number of halogens is 5. The molecule has 0 bridgehead atoms. The fourth-order valence-electron chi connectivity index (χ4n) is 2.82. The topological polar surface area (TPSA) is 35.5 Å². The van der Waals surface area contributed by atoms with Crippen LogP contribution in [0, 0.1) is 17.6 Å². The van der Waals surface area contributed by atoms with Crippen LogP contribution < -0.4 is 4.74 Å². The zero-order valence-electron chi connectivity index (χ0n) is 13.0. The van der Waals surface area contributed by atoms with Gasteiger partial charge in [0.05, 0.1) is 20.1 Å². The van der Waals surface area contributed by atoms with Gasteiger partial charge in [-0.2, -0.15) is 17.6 Å². The Labute approximate surface area is 135 Å². The first-order valence-corrected chi connectivity index (χ1v) is 7.10. The first kappa shape index (κ1) is 18.2. The van der Waals surface area contributed by atoms with E-state index in [2.05, 4.69) is 4.74 Å². The molecule has 1 aliphatic rings. The average Bonchev–Trinajstić information content (AvgIpc) is 2.55. The minimum Gasteiger partial charge on any atom is -0.493 e. The second-order valence-corrected chi connectivity index (χ2v) is 5.37. The molecule has 2 rings (SSSR count). The summed E-state index contributed by atoms with van der Waals surface area (Å²) in [6, 6.07) is 2.02. The van der Waals surface area contributed by atoms with Gasteiger partial charge in [-0.1, -0.05) is 0 Å². The Hall–Kier alpha value is -2.12. The fourth-order valence-corrected chi connectivity index (χ4v) is 2.82. The van der Waals surface area contributed by atoms with Gasteiger partial charge in [0.25, 0.3) is 0 Å². The summed E-state index contributed by atoms with van der Waals surface area (Å²) in [5, 5.41) is 0. The quantitative estimate of drug-likeness (QED) is 0.604. The van der Waals surface area contributed by atoms with Crippen molar-refractivity contribution in [3.05, 3.63) is 34.9 Å². The molecule has 0 spiro atoms. The van der Waals surface area contributed by atoms with E-state index in [0.29, 0.717) is 0 Å².